The van der Waals surface area contributed by atoms with Crippen LogP contribution in [0.3, 0.4) is 0 Å². The molecule has 0 atom stereocenters. The molecule has 1 rings (SSSR count). The van der Waals surface area contributed by atoms with E-state index < -0.39 is 0 Å². The molecule has 0 saturated heterocycles. The van der Waals surface area contributed by atoms with Crippen LogP contribution in [0.4, 0.5) is 0 Å². The average Bonchev–Trinajstić information content (AvgIpc) is 2.50. The van der Waals surface area contributed by atoms with E-state index >= 15 is 0 Å². The quantitative estimate of drug-likeness (QED) is 0.397. The van der Waals surface area contributed by atoms with Crippen LogP contribution in [-0.2, 0) is 27.2 Å². The van der Waals surface area contributed by atoms with Crippen molar-refractivity contribution in [1.29, 1.82) is 0 Å². The lowest BCUT2D eigenvalue weighted by Crippen LogP contribution is -2.07. The maximum atomic E-state index is 11.5. The van der Waals surface area contributed by atoms with Crippen molar-refractivity contribution in [3.8, 4) is 0 Å². The number of aryl methyl sites for hydroxylation is 2. The van der Waals surface area contributed by atoms with Crippen molar-refractivity contribution >= 4 is 12.3 Å². The van der Waals surface area contributed by atoms with Gasteiger partial charge in [0.05, 0.1) is 6.61 Å². The van der Waals surface area contributed by atoms with Gasteiger partial charge in [-0.2, -0.15) is 0 Å². The van der Waals surface area contributed by atoms with E-state index in [-0.39, 0.29) is 5.97 Å². The molecule has 3 heteroatoms. The second-order valence-electron chi connectivity index (χ2n) is 4.92. The van der Waals surface area contributed by atoms with E-state index in [0.717, 1.165) is 30.3 Å². The van der Waals surface area contributed by atoms with Gasteiger partial charge in [-0.25, -0.2) is 4.79 Å². The first kappa shape index (κ1) is 16.9. The van der Waals surface area contributed by atoms with Gasteiger partial charge in [-0.05, 0) is 49.3 Å². The highest BCUT2D eigenvalue weighted by molar-refractivity contribution is 5.87. The first-order valence-corrected chi connectivity index (χ1v) is 7.12. The second-order valence-corrected chi connectivity index (χ2v) is 4.92. The van der Waals surface area contributed by atoms with Gasteiger partial charge in [-0.1, -0.05) is 37.4 Å². The Morgan fingerprint density at radius 1 is 1.19 bits per heavy atom. The van der Waals surface area contributed by atoms with Crippen molar-refractivity contribution in [3.05, 3.63) is 59.7 Å². The highest BCUT2D eigenvalue weighted by atomic mass is 16.5. The van der Waals surface area contributed by atoms with Gasteiger partial charge in [0.25, 0.3) is 0 Å². The maximum absolute atomic E-state index is 11.5. The van der Waals surface area contributed by atoms with E-state index in [1.165, 1.54) is 0 Å². The van der Waals surface area contributed by atoms with Crippen molar-refractivity contribution in [1.82, 2.24) is 0 Å². The number of hydrogen-bond donors (Lipinski definition) is 0. The molecule has 21 heavy (non-hydrogen) atoms. The summed E-state index contributed by atoms with van der Waals surface area (Å²) in [7, 11) is 0. The summed E-state index contributed by atoms with van der Waals surface area (Å²) in [6.07, 6.45) is 3.60. The Kier molecular flexibility index (Phi) is 7.16. The molecule has 0 aromatic heterocycles. The van der Waals surface area contributed by atoms with E-state index in [2.05, 4.69) is 19.2 Å². The summed E-state index contributed by atoms with van der Waals surface area (Å²) in [4.78, 5) is 22.0. The summed E-state index contributed by atoms with van der Waals surface area (Å²) in [6.45, 7) is 9.58. The summed E-state index contributed by atoms with van der Waals surface area (Å²) in [5.74, 6) is -0.323. The molecule has 0 saturated carbocycles. The van der Waals surface area contributed by atoms with Crippen molar-refractivity contribution < 1.29 is 14.3 Å². The van der Waals surface area contributed by atoms with Gasteiger partial charge in [0.15, 0.2) is 0 Å². The third kappa shape index (κ3) is 6.21. The van der Waals surface area contributed by atoms with Gasteiger partial charge in [0, 0.05) is 5.57 Å². The van der Waals surface area contributed by atoms with E-state index in [0.29, 0.717) is 30.6 Å². The zero-order valence-corrected chi connectivity index (χ0v) is 12.6. The Hall–Kier alpha value is -2.16. The normalized spacial score (nSPS) is 9.95. The van der Waals surface area contributed by atoms with E-state index in [4.69, 9.17) is 4.74 Å². The first-order chi connectivity index (χ1) is 10.1. The number of rotatable bonds is 9. The van der Waals surface area contributed by atoms with Gasteiger partial charge in [-0.15, -0.1) is 0 Å². The minimum Gasteiger partial charge on any atom is -0.463 e. The Balaban J connectivity index is 2.52. The predicted octanol–water partition coefficient (Wildman–Crippen LogP) is 3.43. The zero-order valence-electron chi connectivity index (χ0n) is 12.6. The molecule has 0 N–H and O–H groups in total. The number of allylic oxidation sites excluding steroid dienone is 1. The first-order valence-electron chi connectivity index (χ1n) is 7.12. The van der Waals surface area contributed by atoms with Gasteiger partial charge in [0.1, 0.15) is 6.29 Å². The fourth-order valence-electron chi connectivity index (χ4n) is 1.93. The Bertz CT molecular complexity index is 529. The molecule has 1 aromatic carbocycles. The number of carbonyl (C=O) groups excluding carboxylic acids is 2. The van der Waals surface area contributed by atoms with Crippen molar-refractivity contribution in [2.75, 3.05) is 6.61 Å². The van der Waals surface area contributed by atoms with Gasteiger partial charge >= 0.3 is 5.97 Å². The Morgan fingerprint density at radius 2 is 1.81 bits per heavy atom. The fraction of sp³-hybridized carbons (Fsp3) is 0.333. The Labute approximate surface area is 126 Å². The third-order valence-corrected chi connectivity index (χ3v) is 3.17. The minimum absolute atomic E-state index is 0.323. The molecule has 1 aromatic rings. The summed E-state index contributed by atoms with van der Waals surface area (Å²) in [6, 6.07) is 8.14. The molecule has 112 valence electrons. The highest BCUT2D eigenvalue weighted by Crippen LogP contribution is 2.13. The van der Waals surface area contributed by atoms with Crippen molar-refractivity contribution in [2.24, 2.45) is 0 Å². The van der Waals surface area contributed by atoms with E-state index in [1.807, 2.05) is 18.2 Å². The number of aldehydes is 1. The molecule has 0 bridgehead atoms. The summed E-state index contributed by atoms with van der Waals surface area (Å²) < 4.78 is 4.91. The Morgan fingerprint density at radius 3 is 2.38 bits per heavy atom. The second kappa shape index (κ2) is 8.90. The lowest BCUT2D eigenvalue weighted by molar-refractivity contribution is -0.138. The number of carbonyl (C=O) groups is 2. The van der Waals surface area contributed by atoms with Crippen LogP contribution in [-0.4, -0.2) is 18.9 Å². The predicted molar refractivity (Wildman–Crippen MR) is 84.1 cm³/mol. The van der Waals surface area contributed by atoms with Crippen LogP contribution in [0.5, 0.6) is 0 Å². The molecular formula is C18H22O3. The minimum atomic E-state index is -0.323. The SMILES string of the molecule is C=C(C=O)CCc1cccc(CCC(=C)C(=O)OCC)c1. The average molecular weight is 286 g/mol. The van der Waals surface area contributed by atoms with Crippen LogP contribution in [0.15, 0.2) is 48.6 Å². The zero-order chi connectivity index (χ0) is 15.7. The molecule has 0 aliphatic heterocycles. The van der Waals surface area contributed by atoms with Crippen LogP contribution in [0, 0.1) is 0 Å². The molecule has 0 heterocycles. The smallest absolute Gasteiger partial charge is 0.333 e. The monoisotopic (exact) mass is 286 g/mol. The molecule has 0 amide bonds. The van der Waals surface area contributed by atoms with Gasteiger partial charge < -0.3 is 4.74 Å². The van der Waals surface area contributed by atoms with E-state index in [9.17, 15) is 9.59 Å². The molecule has 0 unspecified atom stereocenters. The lowest BCUT2D eigenvalue weighted by atomic mass is 10.0. The lowest BCUT2D eigenvalue weighted by Gasteiger charge is -2.07. The topological polar surface area (TPSA) is 43.4 Å². The molecule has 0 fully saturated rings. The van der Waals surface area contributed by atoms with Crippen molar-refractivity contribution in [2.45, 2.75) is 32.6 Å². The number of esters is 1. The van der Waals surface area contributed by atoms with Crippen LogP contribution in [0.25, 0.3) is 0 Å². The molecular weight excluding hydrogens is 264 g/mol. The third-order valence-electron chi connectivity index (χ3n) is 3.17. The summed E-state index contributed by atoms with van der Waals surface area (Å²) >= 11 is 0. The largest absolute Gasteiger partial charge is 0.463 e. The fourth-order valence-corrected chi connectivity index (χ4v) is 1.93. The maximum Gasteiger partial charge on any atom is 0.333 e. The highest BCUT2D eigenvalue weighted by Gasteiger charge is 2.07. The molecule has 0 aliphatic rings. The molecule has 0 spiro atoms. The van der Waals surface area contributed by atoms with Crippen LogP contribution >= 0.6 is 0 Å². The van der Waals surface area contributed by atoms with Crippen LogP contribution < -0.4 is 0 Å². The summed E-state index contributed by atoms with van der Waals surface area (Å²) in [5.41, 5.74) is 3.42. The van der Waals surface area contributed by atoms with Crippen LogP contribution in [0.1, 0.15) is 30.9 Å². The molecule has 0 radical (unpaired) electrons. The van der Waals surface area contributed by atoms with Gasteiger partial charge in [0.2, 0.25) is 0 Å². The van der Waals surface area contributed by atoms with E-state index in [1.54, 1.807) is 6.92 Å². The standard InChI is InChI=1S/C18H22O3/c1-4-21-18(20)15(3)9-11-17-7-5-6-16(12-17)10-8-14(2)13-19/h5-7,12-13H,2-4,8-11H2,1H3. The molecule has 3 nitrogen and oxygen atoms in total. The number of hydrogen-bond acceptors (Lipinski definition) is 3. The molecule has 0 aliphatic carbocycles. The summed E-state index contributed by atoms with van der Waals surface area (Å²) in [5, 5.41) is 0. The number of ether oxygens (including phenoxy) is 1. The number of benzene rings is 1. The van der Waals surface area contributed by atoms with Gasteiger partial charge in [-0.3, -0.25) is 4.79 Å². The van der Waals surface area contributed by atoms with Crippen molar-refractivity contribution in [3.63, 3.8) is 0 Å². The van der Waals surface area contributed by atoms with Crippen LogP contribution in [0.2, 0.25) is 0 Å².